The van der Waals surface area contributed by atoms with E-state index in [1.165, 1.54) is 6.92 Å². The van der Waals surface area contributed by atoms with E-state index in [1.807, 2.05) is 13.8 Å². The molecule has 0 atom stereocenters. The van der Waals surface area contributed by atoms with Gasteiger partial charge in [0.1, 0.15) is 10.6 Å². The van der Waals surface area contributed by atoms with Crippen LogP contribution in [0.25, 0.3) is 0 Å². The molecule has 0 spiro atoms. The van der Waals surface area contributed by atoms with Crippen molar-refractivity contribution in [3.8, 4) is 0 Å². The van der Waals surface area contributed by atoms with E-state index in [9.17, 15) is 19.7 Å². The standard InChI is InChI=1S/C17H19N5O5S/c1-4-21(5-2)11-6-7-12(13(8-11)18-10(3)23)19-20-16-14(22(26)27)9-15(28-16)17(24)25/h6-9H,4-5H2,1-3H3,(H,18,23)(H,24,25). The first-order chi connectivity index (χ1) is 13.3. The van der Waals surface area contributed by atoms with E-state index in [0.717, 1.165) is 24.8 Å². The lowest BCUT2D eigenvalue weighted by molar-refractivity contribution is -0.383. The summed E-state index contributed by atoms with van der Waals surface area (Å²) in [7, 11) is 0. The van der Waals surface area contributed by atoms with Gasteiger partial charge in [-0.05, 0) is 32.0 Å². The van der Waals surface area contributed by atoms with Gasteiger partial charge in [-0.15, -0.1) is 21.6 Å². The van der Waals surface area contributed by atoms with Crippen molar-refractivity contribution in [2.45, 2.75) is 20.8 Å². The lowest BCUT2D eigenvalue weighted by Gasteiger charge is -2.22. The van der Waals surface area contributed by atoms with Gasteiger partial charge in [0.25, 0.3) is 0 Å². The van der Waals surface area contributed by atoms with Gasteiger partial charge < -0.3 is 15.3 Å². The summed E-state index contributed by atoms with van der Waals surface area (Å²) in [6.07, 6.45) is 0. The summed E-state index contributed by atoms with van der Waals surface area (Å²) in [5, 5.41) is 30.5. The van der Waals surface area contributed by atoms with Crippen molar-refractivity contribution in [2.75, 3.05) is 23.3 Å². The minimum Gasteiger partial charge on any atom is -0.477 e. The number of carbonyl (C=O) groups excluding carboxylic acids is 1. The Hall–Kier alpha value is -3.34. The van der Waals surface area contributed by atoms with Gasteiger partial charge in [0.05, 0.1) is 10.6 Å². The number of azo groups is 1. The number of thiophene rings is 1. The number of nitrogens with one attached hydrogen (secondary N) is 1. The largest absolute Gasteiger partial charge is 0.477 e. The lowest BCUT2D eigenvalue weighted by atomic mass is 10.2. The topological polar surface area (TPSA) is 138 Å². The Bertz CT molecular complexity index is 936. The summed E-state index contributed by atoms with van der Waals surface area (Å²) >= 11 is 0.653. The quantitative estimate of drug-likeness (QED) is 0.375. The van der Waals surface area contributed by atoms with Gasteiger partial charge in [-0.25, -0.2) is 4.79 Å². The van der Waals surface area contributed by atoms with Gasteiger partial charge in [0, 0.05) is 31.8 Å². The number of rotatable bonds is 8. The monoisotopic (exact) mass is 405 g/mol. The van der Waals surface area contributed by atoms with Crippen LogP contribution in [0, 0.1) is 10.1 Å². The van der Waals surface area contributed by atoms with E-state index in [0.29, 0.717) is 22.7 Å². The predicted octanol–water partition coefficient (Wildman–Crippen LogP) is 4.57. The number of anilines is 2. The molecule has 1 heterocycles. The smallest absolute Gasteiger partial charge is 0.346 e. The molecule has 2 N–H and O–H groups in total. The Balaban J connectivity index is 2.46. The predicted molar refractivity (Wildman–Crippen MR) is 106 cm³/mol. The number of benzene rings is 1. The molecule has 0 saturated carbocycles. The molecule has 1 aromatic heterocycles. The van der Waals surface area contributed by atoms with E-state index in [4.69, 9.17) is 5.11 Å². The maximum Gasteiger partial charge on any atom is 0.346 e. The third-order valence-electron chi connectivity index (χ3n) is 3.77. The van der Waals surface area contributed by atoms with Crippen LogP contribution >= 0.6 is 11.3 Å². The van der Waals surface area contributed by atoms with E-state index < -0.39 is 16.6 Å². The normalized spacial score (nSPS) is 10.8. The van der Waals surface area contributed by atoms with E-state index in [-0.39, 0.29) is 15.8 Å². The fourth-order valence-electron chi connectivity index (χ4n) is 2.47. The van der Waals surface area contributed by atoms with Crippen molar-refractivity contribution in [3.05, 3.63) is 39.3 Å². The molecule has 0 bridgehead atoms. The Kier molecular flexibility index (Phi) is 6.77. The molecule has 28 heavy (non-hydrogen) atoms. The maximum atomic E-state index is 11.5. The lowest BCUT2D eigenvalue weighted by Crippen LogP contribution is -2.21. The van der Waals surface area contributed by atoms with Gasteiger partial charge in [0.15, 0.2) is 0 Å². The minimum absolute atomic E-state index is 0.135. The van der Waals surface area contributed by atoms with Crippen molar-refractivity contribution in [2.24, 2.45) is 10.2 Å². The highest BCUT2D eigenvalue weighted by molar-refractivity contribution is 7.18. The number of carbonyl (C=O) groups is 2. The van der Waals surface area contributed by atoms with Gasteiger partial charge in [-0.3, -0.25) is 14.9 Å². The molecule has 0 fully saturated rings. The van der Waals surface area contributed by atoms with Gasteiger partial charge >= 0.3 is 11.7 Å². The van der Waals surface area contributed by atoms with Gasteiger partial charge in [0.2, 0.25) is 10.9 Å². The zero-order valence-corrected chi connectivity index (χ0v) is 16.3. The minimum atomic E-state index is -1.28. The second-order valence-electron chi connectivity index (χ2n) is 5.62. The third kappa shape index (κ3) is 4.88. The molecular weight excluding hydrogens is 386 g/mol. The van der Waals surface area contributed by atoms with E-state index in [2.05, 4.69) is 20.4 Å². The van der Waals surface area contributed by atoms with Crippen LogP contribution in [0.2, 0.25) is 0 Å². The second kappa shape index (κ2) is 9.04. The summed E-state index contributed by atoms with van der Waals surface area (Å²) in [5.41, 5.74) is 1.14. The van der Waals surface area contributed by atoms with Crippen LogP contribution in [0.1, 0.15) is 30.4 Å². The molecule has 1 amide bonds. The Morgan fingerprint density at radius 2 is 1.93 bits per heavy atom. The molecule has 11 heteroatoms. The molecule has 0 radical (unpaired) electrons. The zero-order valence-electron chi connectivity index (χ0n) is 15.5. The molecule has 1 aromatic carbocycles. The number of carboxylic acids is 1. The first kappa shape index (κ1) is 21.0. The first-order valence-electron chi connectivity index (χ1n) is 8.36. The highest BCUT2D eigenvalue weighted by Gasteiger charge is 2.22. The number of aromatic carboxylic acids is 1. The highest BCUT2D eigenvalue weighted by Crippen LogP contribution is 2.39. The molecule has 148 valence electrons. The summed E-state index contributed by atoms with van der Waals surface area (Å²) in [5.74, 6) is -1.58. The van der Waals surface area contributed by atoms with Crippen molar-refractivity contribution >= 4 is 51.0 Å². The summed E-state index contributed by atoms with van der Waals surface area (Å²) < 4.78 is 0. The zero-order chi connectivity index (χ0) is 20.8. The summed E-state index contributed by atoms with van der Waals surface area (Å²) in [4.78, 5) is 34.9. The summed E-state index contributed by atoms with van der Waals surface area (Å²) in [6.45, 7) is 6.91. The van der Waals surface area contributed by atoms with Crippen molar-refractivity contribution < 1.29 is 19.6 Å². The molecule has 0 unspecified atom stereocenters. The van der Waals surface area contributed by atoms with Crippen molar-refractivity contribution in [1.82, 2.24) is 0 Å². The Morgan fingerprint density at radius 3 is 2.46 bits per heavy atom. The molecule has 0 aliphatic carbocycles. The number of nitro groups is 1. The molecule has 0 saturated heterocycles. The Morgan fingerprint density at radius 1 is 1.25 bits per heavy atom. The third-order valence-corrected chi connectivity index (χ3v) is 4.77. The van der Waals surface area contributed by atoms with Crippen LogP contribution < -0.4 is 10.2 Å². The van der Waals surface area contributed by atoms with Crippen LogP contribution in [0.15, 0.2) is 34.5 Å². The highest BCUT2D eigenvalue weighted by atomic mass is 32.1. The van der Waals surface area contributed by atoms with Crippen LogP contribution in [0.3, 0.4) is 0 Å². The number of carboxylic acid groups (broad SMARTS) is 1. The van der Waals surface area contributed by atoms with Crippen molar-refractivity contribution in [1.29, 1.82) is 0 Å². The number of amides is 1. The second-order valence-corrected chi connectivity index (χ2v) is 6.65. The van der Waals surface area contributed by atoms with Crippen LogP contribution in [-0.2, 0) is 4.79 Å². The fraction of sp³-hybridized carbons (Fsp3) is 0.294. The molecular formula is C17H19N5O5S. The van der Waals surface area contributed by atoms with E-state index >= 15 is 0 Å². The van der Waals surface area contributed by atoms with Gasteiger partial charge in [-0.1, -0.05) is 0 Å². The Labute approximate surface area is 164 Å². The van der Waals surface area contributed by atoms with E-state index in [1.54, 1.807) is 18.2 Å². The molecule has 10 nitrogen and oxygen atoms in total. The van der Waals surface area contributed by atoms with Crippen LogP contribution in [-0.4, -0.2) is 35.0 Å². The average molecular weight is 405 g/mol. The van der Waals surface area contributed by atoms with Crippen LogP contribution in [0.5, 0.6) is 0 Å². The van der Waals surface area contributed by atoms with Crippen LogP contribution in [0.4, 0.5) is 27.8 Å². The molecule has 2 rings (SSSR count). The summed E-state index contributed by atoms with van der Waals surface area (Å²) in [6, 6.07) is 6.13. The average Bonchev–Trinajstić information content (AvgIpc) is 3.06. The van der Waals surface area contributed by atoms with Crippen molar-refractivity contribution in [3.63, 3.8) is 0 Å². The first-order valence-corrected chi connectivity index (χ1v) is 9.18. The maximum absolute atomic E-state index is 11.5. The number of hydrogen-bond donors (Lipinski definition) is 2. The van der Waals surface area contributed by atoms with Gasteiger partial charge in [-0.2, -0.15) is 0 Å². The molecule has 2 aromatic rings. The SMILES string of the molecule is CCN(CC)c1ccc(N=Nc2sc(C(=O)O)cc2[N+](=O)[O-])c(NC(C)=O)c1. The number of nitrogens with zero attached hydrogens (tertiary/aromatic N) is 4. The number of hydrogen-bond acceptors (Lipinski definition) is 8. The fourth-order valence-corrected chi connectivity index (χ4v) is 3.25. The molecule has 0 aliphatic heterocycles. The molecule has 0 aliphatic rings.